The number of anilines is 2. The number of nitrogen functional groups attached to an aromatic ring is 1. The van der Waals surface area contributed by atoms with Crippen LogP contribution in [0.15, 0.2) is 43.1 Å². The van der Waals surface area contributed by atoms with Crippen LogP contribution in [0.1, 0.15) is 19.3 Å². The Labute approximate surface area is 263 Å². The van der Waals surface area contributed by atoms with Crippen molar-refractivity contribution in [1.29, 1.82) is 0 Å². The summed E-state index contributed by atoms with van der Waals surface area (Å²) in [7, 11) is 1.85. The van der Waals surface area contributed by atoms with E-state index in [-0.39, 0.29) is 47.2 Å². The van der Waals surface area contributed by atoms with E-state index < -0.39 is 17.5 Å². The zero-order valence-corrected chi connectivity index (χ0v) is 25.6. The zero-order valence-electron chi connectivity index (χ0n) is 24.8. The van der Waals surface area contributed by atoms with E-state index in [2.05, 4.69) is 26.4 Å². The third-order valence-corrected chi connectivity index (χ3v) is 9.58. The lowest BCUT2D eigenvalue weighted by atomic mass is 9.95. The number of rotatable bonds is 8. The standard InChI is InChI=1S/C32H33ClF2N8O2/c1-3-24(44)42-14-18(15-42)13-41(2)30-21-12-37-29(28-25-19(10-23(36)38-28)6-4-7-22(25)33)26(35)27(21)39-31(40-30)45-17-32-8-5-9-43(32)16-20(34)11-32/h3-4,6-7,10,12,18,20H,1,5,8-9,11,13-17H2,2H3,(H2,36,38)/t20-,32+/m1/s1. The van der Waals surface area contributed by atoms with Crippen LogP contribution in [0.2, 0.25) is 5.02 Å². The quantitative estimate of drug-likeness (QED) is 0.277. The number of aromatic nitrogens is 4. The lowest BCUT2D eigenvalue weighted by molar-refractivity contribution is -0.131. The van der Waals surface area contributed by atoms with Crippen LogP contribution in [0.4, 0.5) is 20.4 Å². The largest absolute Gasteiger partial charge is 0.461 e. The van der Waals surface area contributed by atoms with Crippen LogP contribution in [0, 0.1) is 11.7 Å². The predicted octanol–water partition coefficient (Wildman–Crippen LogP) is 4.65. The molecule has 2 N–H and O–H groups in total. The first kappa shape index (κ1) is 29.5. The molecule has 3 saturated heterocycles. The highest BCUT2D eigenvalue weighted by Crippen LogP contribution is 2.41. The fraction of sp³-hybridized carbons (Fsp3) is 0.406. The van der Waals surface area contributed by atoms with Crippen molar-refractivity contribution >= 4 is 50.8 Å². The van der Waals surface area contributed by atoms with Crippen molar-refractivity contribution in [2.75, 3.05) is 57.0 Å². The molecule has 2 atom stereocenters. The number of pyridine rings is 2. The molecule has 0 bridgehead atoms. The normalized spacial score (nSPS) is 21.7. The number of ether oxygens (including phenoxy) is 1. The molecule has 1 aromatic carbocycles. The van der Waals surface area contributed by atoms with Gasteiger partial charge in [0.1, 0.15) is 41.3 Å². The van der Waals surface area contributed by atoms with Gasteiger partial charge >= 0.3 is 6.01 Å². The summed E-state index contributed by atoms with van der Waals surface area (Å²) in [5, 5.41) is 1.99. The van der Waals surface area contributed by atoms with E-state index in [9.17, 15) is 9.18 Å². The Morgan fingerprint density at radius 3 is 2.89 bits per heavy atom. The number of carbonyl (C=O) groups excluding carboxylic acids is 1. The molecule has 234 valence electrons. The van der Waals surface area contributed by atoms with Crippen LogP contribution >= 0.6 is 11.6 Å². The summed E-state index contributed by atoms with van der Waals surface area (Å²) in [5.41, 5.74) is 5.82. The summed E-state index contributed by atoms with van der Waals surface area (Å²) >= 11 is 6.55. The number of nitrogens with two attached hydrogens (primary N) is 1. The maximum absolute atomic E-state index is 16.6. The van der Waals surface area contributed by atoms with Crippen molar-refractivity contribution in [1.82, 2.24) is 29.7 Å². The van der Waals surface area contributed by atoms with E-state index in [0.717, 1.165) is 19.4 Å². The molecule has 4 aromatic rings. The smallest absolute Gasteiger partial charge is 0.319 e. The molecule has 0 saturated carbocycles. The first-order valence-electron chi connectivity index (χ1n) is 15.0. The molecule has 45 heavy (non-hydrogen) atoms. The zero-order chi connectivity index (χ0) is 31.5. The van der Waals surface area contributed by atoms with Gasteiger partial charge in [-0.05, 0) is 43.0 Å². The van der Waals surface area contributed by atoms with Gasteiger partial charge in [-0.1, -0.05) is 30.3 Å². The molecule has 0 aliphatic carbocycles. The van der Waals surface area contributed by atoms with Gasteiger partial charge in [0.05, 0.1) is 15.9 Å². The van der Waals surface area contributed by atoms with Crippen LogP contribution in [0.25, 0.3) is 33.1 Å². The topological polar surface area (TPSA) is 114 Å². The third-order valence-electron chi connectivity index (χ3n) is 9.26. The Hall–Kier alpha value is -4.16. The van der Waals surface area contributed by atoms with Gasteiger partial charge in [0.2, 0.25) is 5.91 Å². The molecule has 3 fully saturated rings. The average Bonchev–Trinajstić information content (AvgIpc) is 3.52. The minimum Gasteiger partial charge on any atom is -0.461 e. The van der Waals surface area contributed by atoms with Crippen molar-refractivity contribution < 1.29 is 18.3 Å². The number of halogens is 3. The lowest BCUT2D eigenvalue weighted by Crippen LogP contribution is -2.53. The van der Waals surface area contributed by atoms with E-state index in [1.54, 1.807) is 23.1 Å². The second-order valence-corrected chi connectivity index (χ2v) is 12.7. The van der Waals surface area contributed by atoms with Crippen LogP contribution in [-0.4, -0.2) is 93.7 Å². The molecular formula is C32H33ClF2N8O2. The van der Waals surface area contributed by atoms with Gasteiger partial charge in [-0.2, -0.15) is 9.97 Å². The van der Waals surface area contributed by atoms with Crippen LogP contribution in [0.3, 0.4) is 0 Å². The van der Waals surface area contributed by atoms with Crippen molar-refractivity contribution in [3.8, 4) is 17.4 Å². The molecule has 1 amide bonds. The molecule has 10 nitrogen and oxygen atoms in total. The number of fused-ring (bicyclic) bond motifs is 3. The molecule has 7 rings (SSSR count). The van der Waals surface area contributed by atoms with Crippen molar-refractivity contribution in [3.05, 3.63) is 54.0 Å². The number of benzene rings is 1. The Balaban J connectivity index is 1.29. The Morgan fingerprint density at radius 1 is 1.27 bits per heavy atom. The first-order valence-corrected chi connectivity index (χ1v) is 15.4. The Kier molecular flexibility index (Phi) is 7.44. The van der Waals surface area contributed by atoms with E-state index >= 15 is 4.39 Å². The summed E-state index contributed by atoms with van der Waals surface area (Å²) in [6.45, 7) is 6.66. The second-order valence-electron chi connectivity index (χ2n) is 12.3. The molecule has 3 aromatic heterocycles. The van der Waals surface area contributed by atoms with Crippen molar-refractivity contribution in [3.63, 3.8) is 0 Å². The number of nitrogens with zero attached hydrogens (tertiary/aromatic N) is 7. The molecule has 0 unspecified atom stereocenters. The number of amides is 1. The first-order chi connectivity index (χ1) is 21.7. The predicted molar refractivity (Wildman–Crippen MR) is 170 cm³/mol. The fourth-order valence-corrected chi connectivity index (χ4v) is 7.39. The van der Waals surface area contributed by atoms with Gasteiger partial charge in [0.15, 0.2) is 5.82 Å². The summed E-state index contributed by atoms with van der Waals surface area (Å²) in [4.78, 5) is 35.9. The monoisotopic (exact) mass is 634 g/mol. The third kappa shape index (κ3) is 5.19. The minimum atomic E-state index is -0.915. The maximum Gasteiger partial charge on any atom is 0.319 e. The Morgan fingerprint density at radius 2 is 2.09 bits per heavy atom. The van der Waals surface area contributed by atoms with Crippen molar-refractivity contribution in [2.45, 2.75) is 31.0 Å². The Bertz CT molecular complexity index is 1840. The van der Waals surface area contributed by atoms with Crippen molar-refractivity contribution in [2.24, 2.45) is 5.92 Å². The molecule has 0 radical (unpaired) electrons. The molecular weight excluding hydrogens is 602 g/mol. The minimum absolute atomic E-state index is 0.00363. The number of likely N-dealkylation sites (tertiary alicyclic amines) is 1. The van der Waals surface area contributed by atoms with E-state index in [4.69, 9.17) is 27.1 Å². The summed E-state index contributed by atoms with van der Waals surface area (Å²) in [5.74, 6) is -0.0191. The van der Waals surface area contributed by atoms with Crippen LogP contribution in [0.5, 0.6) is 6.01 Å². The highest BCUT2D eigenvalue weighted by atomic mass is 35.5. The molecule has 3 aliphatic rings. The highest BCUT2D eigenvalue weighted by molar-refractivity contribution is 6.36. The summed E-state index contributed by atoms with van der Waals surface area (Å²) in [6, 6.07) is 6.97. The summed E-state index contributed by atoms with van der Waals surface area (Å²) in [6.07, 6.45) is 4.07. The maximum atomic E-state index is 16.6. The number of hydrogen-bond acceptors (Lipinski definition) is 9. The lowest BCUT2D eigenvalue weighted by Gasteiger charge is -2.40. The number of alkyl halides is 1. The van der Waals surface area contributed by atoms with E-state index in [1.807, 2.05) is 18.0 Å². The van der Waals surface area contributed by atoms with Gasteiger partial charge in [-0.25, -0.2) is 13.8 Å². The molecule has 13 heteroatoms. The van der Waals surface area contributed by atoms with Gasteiger partial charge in [-0.3, -0.25) is 14.7 Å². The van der Waals surface area contributed by atoms with Gasteiger partial charge < -0.3 is 20.3 Å². The number of hydrogen-bond donors (Lipinski definition) is 1. The van der Waals surface area contributed by atoms with Crippen LogP contribution in [-0.2, 0) is 4.79 Å². The van der Waals surface area contributed by atoms with E-state index in [1.165, 1.54) is 12.3 Å². The average molecular weight is 635 g/mol. The van der Waals surface area contributed by atoms with Gasteiger partial charge in [-0.15, -0.1) is 0 Å². The molecule has 0 spiro atoms. The summed E-state index contributed by atoms with van der Waals surface area (Å²) < 4.78 is 37.3. The second kappa shape index (κ2) is 11.3. The highest BCUT2D eigenvalue weighted by Gasteiger charge is 2.49. The van der Waals surface area contributed by atoms with Gasteiger partial charge in [0.25, 0.3) is 0 Å². The van der Waals surface area contributed by atoms with Crippen LogP contribution < -0.4 is 15.4 Å². The number of carbonyl (C=O) groups is 1. The SMILES string of the molecule is C=CC(=O)N1CC(CN(C)c2nc(OC[C@@]34CCCN3C[C@H](F)C4)nc3c(F)c(-c4nc(N)cc5cccc(Cl)c45)ncc23)C1. The van der Waals surface area contributed by atoms with Gasteiger partial charge in [0, 0.05) is 57.1 Å². The fourth-order valence-electron chi connectivity index (χ4n) is 7.12. The molecule has 3 aliphatic heterocycles. The van der Waals surface area contributed by atoms with E-state index in [0.29, 0.717) is 59.6 Å². The molecule has 6 heterocycles.